The number of ether oxygens (including phenoxy) is 2. The molecule has 156 valence electrons. The van der Waals surface area contributed by atoms with E-state index in [9.17, 15) is 4.79 Å². The summed E-state index contributed by atoms with van der Waals surface area (Å²) in [6, 6.07) is 5.42. The molecule has 0 unspecified atom stereocenters. The van der Waals surface area contributed by atoms with Gasteiger partial charge in [0, 0.05) is 30.4 Å². The Balaban J connectivity index is 1.42. The van der Waals surface area contributed by atoms with E-state index in [0.717, 1.165) is 19.0 Å². The summed E-state index contributed by atoms with van der Waals surface area (Å²) in [7, 11) is 3.21. The number of carbonyl (C=O) groups is 1. The summed E-state index contributed by atoms with van der Waals surface area (Å²) < 4.78 is 10.5. The van der Waals surface area contributed by atoms with Crippen molar-refractivity contribution in [2.75, 3.05) is 58.8 Å². The molecule has 28 heavy (non-hydrogen) atoms. The number of nitrogens with zero attached hydrogens (tertiary/aromatic N) is 2. The molecule has 0 aliphatic carbocycles. The second kappa shape index (κ2) is 10.7. The number of carbonyl (C=O) groups excluding carboxylic acids is 1. The van der Waals surface area contributed by atoms with Crippen LogP contribution in [0.5, 0.6) is 11.5 Å². The number of methoxy groups -OCH3 is 2. The van der Waals surface area contributed by atoms with Crippen LogP contribution < -0.4 is 14.8 Å². The molecular formula is C22H35N3O3. The van der Waals surface area contributed by atoms with Crippen LogP contribution in [0.25, 0.3) is 0 Å². The maximum Gasteiger partial charge on any atom is 0.238 e. The van der Waals surface area contributed by atoms with Crippen molar-refractivity contribution in [3.05, 3.63) is 18.2 Å². The minimum atomic E-state index is 0.0151. The molecule has 6 heteroatoms. The molecule has 0 aromatic heterocycles. The number of rotatable bonds is 7. The van der Waals surface area contributed by atoms with Gasteiger partial charge in [-0.15, -0.1) is 0 Å². The number of likely N-dealkylation sites (tertiary alicyclic amines) is 2. The molecule has 1 aromatic rings. The Kier molecular flexibility index (Phi) is 7.98. The highest BCUT2D eigenvalue weighted by Gasteiger charge is 2.23. The molecule has 0 radical (unpaired) electrons. The fraction of sp³-hybridized carbons (Fsp3) is 0.682. The van der Waals surface area contributed by atoms with Gasteiger partial charge < -0.3 is 19.7 Å². The Morgan fingerprint density at radius 1 is 0.929 bits per heavy atom. The average molecular weight is 390 g/mol. The maximum absolute atomic E-state index is 12.5. The van der Waals surface area contributed by atoms with E-state index in [4.69, 9.17) is 9.47 Å². The van der Waals surface area contributed by atoms with Crippen molar-refractivity contribution in [3.63, 3.8) is 0 Å². The van der Waals surface area contributed by atoms with Gasteiger partial charge >= 0.3 is 0 Å². The van der Waals surface area contributed by atoms with Crippen molar-refractivity contribution < 1.29 is 14.3 Å². The molecule has 2 heterocycles. The van der Waals surface area contributed by atoms with Gasteiger partial charge in [-0.3, -0.25) is 9.69 Å². The SMILES string of the molecule is COc1cc(NC(=O)CN2CCC(CN3CCCCCC3)CC2)cc(OC)c1. The maximum atomic E-state index is 12.5. The summed E-state index contributed by atoms with van der Waals surface area (Å²) >= 11 is 0. The smallest absolute Gasteiger partial charge is 0.238 e. The molecule has 0 atom stereocenters. The molecule has 0 spiro atoms. The second-order valence-corrected chi connectivity index (χ2v) is 8.08. The second-order valence-electron chi connectivity index (χ2n) is 8.08. The van der Waals surface area contributed by atoms with Crippen molar-refractivity contribution in [2.24, 2.45) is 5.92 Å². The molecule has 1 N–H and O–H groups in total. The van der Waals surface area contributed by atoms with Crippen molar-refractivity contribution >= 4 is 11.6 Å². The first-order valence-corrected chi connectivity index (χ1v) is 10.6. The molecule has 0 bridgehead atoms. The summed E-state index contributed by atoms with van der Waals surface area (Å²) in [6.45, 7) is 6.24. The predicted octanol–water partition coefficient (Wildman–Crippen LogP) is 3.23. The van der Waals surface area contributed by atoms with Gasteiger partial charge in [0.2, 0.25) is 5.91 Å². The van der Waals surface area contributed by atoms with Crippen molar-refractivity contribution in [3.8, 4) is 11.5 Å². The number of nitrogens with one attached hydrogen (secondary N) is 1. The number of hydrogen-bond donors (Lipinski definition) is 1. The van der Waals surface area contributed by atoms with Crippen LogP contribution in [-0.4, -0.2) is 69.2 Å². The highest BCUT2D eigenvalue weighted by molar-refractivity contribution is 5.92. The number of anilines is 1. The van der Waals surface area contributed by atoms with Gasteiger partial charge in [0.1, 0.15) is 11.5 Å². The van der Waals surface area contributed by atoms with E-state index in [1.54, 1.807) is 20.3 Å². The highest BCUT2D eigenvalue weighted by atomic mass is 16.5. The molecular weight excluding hydrogens is 354 g/mol. The Morgan fingerprint density at radius 3 is 2.11 bits per heavy atom. The van der Waals surface area contributed by atoms with Gasteiger partial charge in [-0.05, 0) is 57.8 Å². The third-order valence-electron chi connectivity index (χ3n) is 5.92. The first kappa shape index (κ1) is 20.9. The topological polar surface area (TPSA) is 54.0 Å². The molecule has 3 rings (SSSR count). The van der Waals surface area contributed by atoms with E-state index >= 15 is 0 Å². The zero-order valence-corrected chi connectivity index (χ0v) is 17.4. The van der Waals surface area contributed by atoms with Crippen molar-refractivity contribution in [1.82, 2.24) is 9.80 Å². The third-order valence-corrected chi connectivity index (χ3v) is 5.92. The summed E-state index contributed by atoms with van der Waals surface area (Å²) in [5, 5.41) is 2.97. The molecule has 1 aromatic carbocycles. The van der Waals surface area contributed by atoms with E-state index in [-0.39, 0.29) is 5.91 Å². The minimum Gasteiger partial charge on any atom is -0.497 e. The van der Waals surface area contributed by atoms with Crippen LogP contribution in [0.3, 0.4) is 0 Å². The summed E-state index contributed by atoms with van der Waals surface area (Å²) in [4.78, 5) is 17.4. The van der Waals surface area contributed by atoms with Gasteiger partial charge in [-0.2, -0.15) is 0 Å². The number of piperidine rings is 1. The third kappa shape index (κ3) is 6.38. The lowest BCUT2D eigenvalue weighted by atomic mass is 9.96. The molecule has 6 nitrogen and oxygen atoms in total. The van der Waals surface area contributed by atoms with E-state index in [2.05, 4.69) is 15.1 Å². The Hall–Kier alpha value is -1.79. The molecule has 2 aliphatic rings. The molecule has 2 saturated heterocycles. The molecule has 0 saturated carbocycles. The molecule has 2 aliphatic heterocycles. The normalized spacial score (nSPS) is 19.8. The van der Waals surface area contributed by atoms with Crippen LogP contribution in [0.4, 0.5) is 5.69 Å². The van der Waals surface area contributed by atoms with Gasteiger partial charge in [0.25, 0.3) is 0 Å². The first-order chi connectivity index (χ1) is 13.7. The molecule has 2 fully saturated rings. The highest BCUT2D eigenvalue weighted by Crippen LogP contribution is 2.26. The van der Waals surface area contributed by atoms with Crippen LogP contribution in [0.1, 0.15) is 38.5 Å². The largest absolute Gasteiger partial charge is 0.497 e. The van der Waals surface area contributed by atoms with Crippen LogP contribution in [-0.2, 0) is 4.79 Å². The van der Waals surface area contributed by atoms with E-state index in [1.807, 2.05) is 12.1 Å². The van der Waals surface area contributed by atoms with Gasteiger partial charge in [0.05, 0.1) is 20.8 Å². The molecule has 1 amide bonds. The monoisotopic (exact) mass is 389 g/mol. The zero-order chi connectivity index (χ0) is 19.8. The van der Waals surface area contributed by atoms with Gasteiger partial charge in [-0.25, -0.2) is 0 Å². The number of amides is 1. The Morgan fingerprint density at radius 2 is 1.54 bits per heavy atom. The quantitative estimate of drug-likeness (QED) is 0.776. The summed E-state index contributed by atoms with van der Waals surface area (Å²) in [6.07, 6.45) is 7.88. The van der Waals surface area contributed by atoms with Crippen LogP contribution >= 0.6 is 0 Å². The lowest BCUT2D eigenvalue weighted by molar-refractivity contribution is -0.117. The van der Waals surface area contributed by atoms with Crippen molar-refractivity contribution in [1.29, 1.82) is 0 Å². The standard InChI is InChI=1S/C22H35N3O3/c1-27-20-13-19(14-21(15-20)28-2)23-22(26)17-25-11-7-18(8-12-25)16-24-9-5-3-4-6-10-24/h13-15,18H,3-12,16-17H2,1-2H3,(H,23,26). The summed E-state index contributed by atoms with van der Waals surface area (Å²) in [5.74, 6) is 2.13. The predicted molar refractivity (Wildman–Crippen MR) is 112 cm³/mol. The van der Waals surface area contributed by atoms with Crippen molar-refractivity contribution in [2.45, 2.75) is 38.5 Å². The number of hydrogen-bond acceptors (Lipinski definition) is 5. The fourth-order valence-corrected chi connectivity index (χ4v) is 4.29. The van der Waals surface area contributed by atoms with Gasteiger partial charge in [-0.1, -0.05) is 12.8 Å². The first-order valence-electron chi connectivity index (χ1n) is 10.6. The van der Waals surface area contributed by atoms with E-state index < -0.39 is 0 Å². The average Bonchev–Trinajstić information content (AvgIpc) is 2.97. The fourth-order valence-electron chi connectivity index (χ4n) is 4.29. The van der Waals surface area contributed by atoms with Crippen LogP contribution in [0.15, 0.2) is 18.2 Å². The Bertz CT molecular complexity index is 599. The summed E-state index contributed by atoms with van der Waals surface area (Å²) in [5.41, 5.74) is 0.706. The Labute approximate surface area is 169 Å². The lowest BCUT2D eigenvalue weighted by Crippen LogP contribution is -2.42. The zero-order valence-electron chi connectivity index (χ0n) is 17.4. The van der Waals surface area contributed by atoms with Gasteiger partial charge in [0.15, 0.2) is 0 Å². The number of benzene rings is 1. The minimum absolute atomic E-state index is 0.0151. The van der Waals surface area contributed by atoms with E-state index in [0.29, 0.717) is 23.7 Å². The van der Waals surface area contributed by atoms with Crippen LogP contribution in [0.2, 0.25) is 0 Å². The van der Waals surface area contributed by atoms with Crippen LogP contribution in [0, 0.1) is 5.92 Å². The van der Waals surface area contributed by atoms with E-state index in [1.165, 1.54) is 58.2 Å². The lowest BCUT2D eigenvalue weighted by Gasteiger charge is -2.34.